The first-order valence-electron chi connectivity index (χ1n) is 34.6. The van der Waals surface area contributed by atoms with E-state index in [0.29, 0.717) is 90.1 Å². The highest BCUT2D eigenvalue weighted by Crippen LogP contribution is 2.35. The van der Waals surface area contributed by atoms with Gasteiger partial charge >= 0.3 is 0 Å². The second kappa shape index (κ2) is 38.0. The molecule has 0 aromatic heterocycles. The van der Waals surface area contributed by atoms with Crippen molar-refractivity contribution >= 4 is 106 Å². The van der Waals surface area contributed by atoms with Gasteiger partial charge in [0.25, 0.3) is 0 Å². The first-order valence-corrected chi connectivity index (χ1v) is 36.0. The van der Waals surface area contributed by atoms with Gasteiger partial charge in [-0.05, 0) is 140 Å². The number of alkyl halides is 3. The van der Waals surface area contributed by atoms with Gasteiger partial charge in [0.15, 0.2) is 0 Å². The molecule has 2 saturated carbocycles. The van der Waals surface area contributed by atoms with E-state index >= 15 is 4.79 Å². The zero-order valence-electron chi connectivity index (χ0n) is 59.7. The summed E-state index contributed by atoms with van der Waals surface area (Å²) in [7, 11) is 9.95. The Bertz CT molecular complexity index is 2650. The molecule has 12 amide bonds. The summed E-state index contributed by atoms with van der Waals surface area (Å²) in [6, 6.07) is -8.62. The Balaban J connectivity index is 1.87. The molecular weight excluding hydrogens is 1280 g/mol. The molecule has 4 rings (SSSR count). The standard InChI is InChI=1S/C68H115Cl3N12O12/c1-17-19-23-49-63(91)82(16)68(8,9)67(95)74-51(30-41(3)4)62(90)81(15)54(65(93)83-28-21-20-22-29-83)37-56(85)79(13)52(31-42(5)6)61(89)75-59(43(7)18-2)66(94)78(12)39-57(86)76(10)40-58(87)80(14)53(35-44-24-26-46(69)27-25-44)64(92)77(11)38-55(84)72-50(60(88)73-49)34-45-32-47(70)36-48(71)33-45/h41-54,59H,17-40H2,1-16H3,(H,72,84)(H,73,88)(H,74,95)(H,75,89)/t43-,44?,45?,46?,47?,48?,49-,50-,51-,52-,53-,54-,59-/m0/s1. The van der Waals surface area contributed by atoms with E-state index in [1.54, 1.807) is 11.8 Å². The Labute approximate surface area is 580 Å². The molecule has 0 aromatic rings. The van der Waals surface area contributed by atoms with E-state index in [2.05, 4.69) is 21.3 Å². The molecule has 2 aliphatic carbocycles. The van der Waals surface area contributed by atoms with Gasteiger partial charge in [-0.1, -0.05) is 67.7 Å². The van der Waals surface area contributed by atoms with Crippen molar-refractivity contribution in [2.75, 3.05) is 82.1 Å². The molecular formula is C68H115Cl3N12O12. The number of halogens is 3. The predicted molar refractivity (Wildman–Crippen MR) is 368 cm³/mol. The van der Waals surface area contributed by atoms with Gasteiger partial charge in [-0.2, -0.15) is 0 Å². The summed E-state index contributed by atoms with van der Waals surface area (Å²) >= 11 is 19.9. The fourth-order valence-electron chi connectivity index (χ4n) is 13.2. The van der Waals surface area contributed by atoms with Crippen molar-refractivity contribution in [3.8, 4) is 0 Å². The van der Waals surface area contributed by atoms with Gasteiger partial charge in [0.2, 0.25) is 70.9 Å². The Hall–Kier alpha value is -5.49. The Morgan fingerprint density at radius 2 is 1.11 bits per heavy atom. The van der Waals surface area contributed by atoms with Crippen LogP contribution in [0.25, 0.3) is 0 Å². The first-order chi connectivity index (χ1) is 44.4. The second-order valence-electron chi connectivity index (χ2n) is 29.0. The number of unbranched alkanes of at least 4 members (excludes halogenated alkanes) is 1. The molecule has 2 unspecified atom stereocenters. The molecule has 0 bridgehead atoms. The van der Waals surface area contributed by atoms with Crippen LogP contribution in [0.2, 0.25) is 0 Å². The van der Waals surface area contributed by atoms with Crippen molar-refractivity contribution in [2.45, 2.75) is 248 Å². The van der Waals surface area contributed by atoms with Gasteiger partial charge in [0, 0.05) is 78.6 Å². The molecule has 0 radical (unpaired) electrons. The van der Waals surface area contributed by atoms with Crippen molar-refractivity contribution in [3.05, 3.63) is 0 Å². The molecule has 2 saturated heterocycles. The van der Waals surface area contributed by atoms with E-state index in [-0.39, 0.29) is 71.9 Å². The van der Waals surface area contributed by atoms with E-state index in [9.17, 15) is 52.7 Å². The van der Waals surface area contributed by atoms with Crippen molar-refractivity contribution < 1.29 is 57.5 Å². The van der Waals surface area contributed by atoms with Crippen LogP contribution in [0.4, 0.5) is 0 Å². The number of hydrogen-bond donors (Lipinski definition) is 4. The summed E-state index contributed by atoms with van der Waals surface area (Å²) in [6.07, 6.45) is 8.13. The number of carbonyl (C=O) groups is 12. The molecule has 10 atom stereocenters. The van der Waals surface area contributed by atoms with E-state index in [1.807, 2.05) is 41.5 Å². The van der Waals surface area contributed by atoms with Crippen LogP contribution in [-0.4, -0.2) is 256 Å². The largest absolute Gasteiger partial charge is 0.343 e. The van der Waals surface area contributed by atoms with Gasteiger partial charge in [-0.15, -0.1) is 34.8 Å². The smallest absolute Gasteiger partial charge is 0.246 e. The number of amides is 12. The average molecular weight is 1400 g/mol. The van der Waals surface area contributed by atoms with Gasteiger partial charge in [-0.3, -0.25) is 57.5 Å². The van der Waals surface area contributed by atoms with Crippen molar-refractivity contribution in [1.82, 2.24) is 60.5 Å². The minimum atomic E-state index is -1.69. The number of likely N-dealkylation sites (N-methyl/N-ethyl adjacent to an activating group) is 7. The zero-order chi connectivity index (χ0) is 71.5. The number of nitrogens with zero attached hydrogens (tertiary/aromatic N) is 8. The molecule has 4 aliphatic rings. The molecule has 24 nitrogen and oxygen atoms in total. The van der Waals surface area contributed by atoms with Crippen LogP contribution in [0.5, 0.6) is 0 Å². The maximum atomic E-state index is 15.1. The second-order valence-corrected chi connectivity index (χ2v) is 30.9. The lowest BCUT2D eigenvalue weighted by Crippen LogP contribution is -2.63. The SMILES string of the molecule is CCCC[C@@H]1NC(=O)[C@H](CC2CC(Cl)CC(Cl)C2)NC(=O)CN(C)C(=O)[C@H](CC2CCC(Cl)CC2)N(C)C(=O)CN(C)C(=O)CN(C)C(=O)[C@H]([C@@H](C)CC)NC(=O)[C@H](CC(C)C)N(C)C(=O)C[C@@H](C(=O)N2CCCCC2)N(C)C(=O)[C@H](CC(C)C)NC(=O)C(C)(C)N(C)C1=O. The molecule has 4 N–H and O–H groups in total. The highest BCUT2D eigenvalue weighted by molar-refractivity contribution is 6.24. The van der Waals surface area contributed by atoms with Crippen molar-refractivity contribution in [1.29, 1.82) is 0 Å². The van der Waals surface area contributed by atoms with Crippen LogP contribution in [-0.2, 0) is 57.5 Å². The van der Waals surface area contributed by atoms with Gasteiger partial charge in [0.1, 0.15) is 47.8 Å². The molecule has 540 valence electrons. The third kappa shape index (κ3) is 23.9. The monoisotopic (exact) mass is 1400 g/mol. The lowest BCUT2D eigenvalue weighted by molar-refractivity contribution is -0.152. The Morgan fingerprint density at radius 1 is 0.537 bits per heavy atom. The van der Waals surface area contributed by atoms with Crippen molar-refractivity contribution in [2.24, 2.45) is 29.6 Å². The van der Waals surface area contributed by atoms with Gasteiger partial charge in [-0.25, -0.2) is 0 Å². The summed E-state index contributed by atoms with van der Waals surface area (Å²) in [4.78, 5) is 187. The zero-order valence-corrected chi connectivity index (χ0v) is 62.0. The number of hydrogen-bond acceptors (Lipinski definition) is 12. The van der Waals surface area contributed by atoms with E-state index in [4.69, 9.17) is 34.8 Å². The molecule has 4 fully saturated rings. The summed E-state index contributed by atoms with van der Waals surface area (Å²) in [5.41, 5.74) is -1.69. The van der Waals surface area contributed by atoms with Crippen LogP contribution in [0, 0.1) is 29.6 Å². The number of carbonyl (C=O) groups excluding carboxylic acids is 12. The normalized spacial score (nSPS) is 29.8. The minimum absolute atomic E-state index is 0.0235. The maximum Gasteiger partial charge on any atom is 0.246 e. The lowest BCUT2D eigenvalue weighted by atomic mass is 9.83. The molecule has 0 spiro atoms. The molecule has 95 heavy (non-hydrogen) atoms. The highest BCUT2D eigenvalue weighted by atomic mass is 35.5. The molecule has 2 heterocycles. The summed E-state index contributed by atoms with van der Waals surface area (Å²) in [6.45, 7) is 15.2. The fourth-order valence-corrected chi connectivity index (χ4v) is 14.5. The number of rotatable bonds is 14. The lowest BCUT2D eigenvalue weighted by Gasteiger charge is -2.39. The van der Waals surface area contributed by atoms with E-state index < -0.39 is 151 Å². The maximum absolute atomic E-state index is 15.1. The minimum Gasteiger partial charge on any atom is -0.343 e. The third-order valence-corrected chi connectivity index (χ3v) is 21.1. The third-order valence-electron chi connectivity index (χ3n) is 20.0. The molecule has 0 aromatic carbocycles. The molecule has 27 heteroatoms. The predicted octanol–water partition coefficient (Wildman–Crippen LogP) is 5.36. The van der Waals surface area contributed by atoms with Crippen LogP contribution in [0.1, 0.15) is 184 Å². The first kappa shape index (κ1) is 81.9. The van der Waals surface area contributed by atoms with E-state index in [1.165, 1.54) is 87.7 Å². The highest BCUT2D eigenvalue weighted by Gasteiger charge is 2.45. The molecule has 2 aliphatic heterocycles. The van der Waals surface area contributed by atoms with Gasteiger partial charge in [0.05, 0.1) is 26.1 Å². The number of nitrogens with one attached hydrogen (secondary N) is 4. The Morgan fingerprint density at radius 3 is 1.67 bits per heavy atom. The van der Waals surface area contributed by atoms with Gasteiger partial charge < -0.3 is 60.5 Å². The number of piperidine rings is 1. The summed E-state index contributed by atoms with van der Waals surface area (Å²) in [5.74, 6) is -8.81. The quantitative estimate of drug-likeness (QED) is 0.160. The van der Waals surface area contributed by atoms with Crippen LogP contribution in [0.3, 0.4) is 0 Å². The summed E-state index contributed by atoms with van der Waals surface area (Å²) in [5, 5.41) is 10.9. The van der Waals surface area contributed by atoms with Crippen molar-refractivity contribution in [3.63, 3.8) is 0 Å². The van der Waals surface area contributed by atoms with Crippen LogP contribution < -0.4 is 21.3 Å². The average Bonchev–Trinajstić information content (AvgIpc) is 0.820. The van der Waals surface area contributed by atoms with E-state index in [0.717, 1.165) is 16.2 Å². The summed E-state index contributed by atoms with van der Waals surface area (Å²) < 4.78 is 0. The van der Waals surface area contributed by atoms with Crippen LogP contribution >= 0.6 is 34.8 Å². The van der Waals surface area contributed by atoms with Crippen LogP contribution in [0.15, 0.2) is 0 Å². The number of likely N-dealkylation sites (tertiary alicyclic amines) is 1. The Kier molecular flexibility index (Phi) is 32.8. The fraction of sp³-hybridized carbons (Fsp3) is 0.824. The topological polar surface area (TPSA) is 279 Å².